The molecule has 0 aliphatic carbocycles. The summed E-state index contributed by atoms with van der Waals surface area (Å²) in [4.78, 5) is 0. The second-order valence-corrected chi connectivity index (χ2v) is 6.82. The molecule has 1 N–H and O–H groups in total. The third kappa shape index (κ3) is 3.16. The van der Waals surface area contributed by atoms with E-state index in [1.54, 1.807) is 0 Å². The number of thiophene rings is 1. The van der Waals surface area contributed by atoms with Crippen LogP contribution in [0.25, 0.3) is 20.2 Å². The van der Waals surface area contributed by atoms with E-state index in [0.717, 1.165) is 6.07 Å². The number of phenolic OH excluding ortho intramolecular Hbond substituents is 1. The first-order valence-electron chi connectivity index (χ1n) is 6.76. The van der Waals surface area contributed by atoms with Gasteiger partial charge in [-0.05, 0) is 18.2 Å². The number of alkyl halides is 9. The van der Waals surface area contributed by atoms with Crippen LogP contribution in [0.2, 0.25) is 5.02 Å². The summed E-state index contributed by atoms with van der Waals surface area (Å²) in [5, 5.41) is 6.65. The monoisotopic (exact) mass is 438 g/mol. The molecule has 0 fully saturated rings. The van der Waals surface area contributed by atoms with Crippen LogP contribution in [0.15, 0.2) is 18.2 Å². The maximum absolute atomic E-state index is 13.4. The molecule has 0 spiro atoms. The van der Waals surface area contributed by atoms with Crippen LogP contribution in [-0.4, -0.2) is 5.11 Å². The quantitative estimate of drug-likeness (QED) is 0.361. The van der Waals surface area contributed by atoms with Crippen molar-refractivity contribution in [3.8, 4) is 5.75 Å². The van der Waals surface area contributed by atoms with Crippen LogP contribution < -0.4 is 0 Å². The molecule has 1 heterocycles. The number of halogens is 10. The third-order valence-corrected chi connectivity index (χ3v) is 5.37. The summed E-state index contributed by atoms with van der Waals surface area (Å²) in [5.74, 6) is -1.25. The van der Waals surface area contributed by atoms with Gasteiger partial charge in [-0.1, -0.05) is 11.6 Å². The summed E-state index contributed by atoms with van der Waals surface area (Å²) in [5.41, 5.74) is -5.31. The number of hydrogen-bond donors (Lipinski definition) is 1. The van der Waals surface area contributed by atoms with Gasteiger partial charge in [0, 0.05) is 15.5 Å². The highest BCUT2D eigenvalue weighted by molar-refractivity contribution is 7.26. The van der Waals surface area contributed by atoms with Crippen LogP contribution in [-0.2, 0) is 18.5 Å². The lowest BCUT2D eigenvalue weighted by atomic mass is 10.0. The highest BCUT2D eigenvalue weighted by Crippen LogP contribution is 2.52. The summed E-state index contributed by atoms with van der Waals surface area (Å²) in [6.07, 6.45) is -15.7. The Morgan fingerprint density at radius 1 is 0.741 bits per heavy atom. The van der Waals surface area contributed by atoms with Crippen molar-refractivity contribution in [3.63, 3.8) is 0 Å². The molecular formula is C15H4ClF9OS. The summed E-state index contributed by atoms with van der Waals surface area (Å²) >= 11 is 5.31. The molecule has 0 saturated carbocycles. The summed E-state index contributed by atoms with van der Waals surface area (Å²) < 4.78 is 117. The molecule has 0 atom stereocenters. The lowest BCUT2D eigenvalue weighted by Gasteiger charge is -2.15. The Morgan fingerprint density at radius 3 is 1.74 bits per heavy atom. The van der Waals surface area contributed by atoms with E-state index in [9.17, 15) is 44.6 Å². The van der Waals surface area contributed by atoms with E-state index < -0.39 is 66.2 Å². The minimum Gasteiger partial charge on any atom is -0.507 e. The highest BCUT2D eigenvalue weighted by Gasteiger charge is 2.44. The molecule has 0 amide bonds. The first-order valence-corrected chi connectivity index (χ1v) is 7.95. The van der Waals surface area contributed by atoms with Crippen LogP contribution in [0.4, 0.5) is 39.5 Å². The molecule has 3 aromatic rings. The van der Waals surface area contributed by atoms with Crippen molar-refractivity contribution in [2.45, 2.75) is 18.5 Å². The molecule has 0 saturated heterocycles. The standard InChI is InChI=1S/C15H4ClF9OS/c16-10-6(13(17,18)19)3-5-4-1-2-7(26)8(14(20,21)22)11(4)27-12(5)9(10)15(23,24)25/h1-3,26H. The first kappa shape index (κ1) is 19.9. The van der Waals surface area contributed by atoms with Crippen molar-refractivity contribution in [1.29, 1.82) is 0 Å². The van der Waals surface area contributed by atoms with Gasteiger partial charge in [-0.3, -0.25) is 0 Å². The van der Waals surface area contributed by atoms with Crippen molar-refractivity contribution >= 4 is 43.1 Å². The van der Waals surface area contributed by atoms with E-state index in [0.29, 0.717) is 6.07 Å². The molecule has 146 valence electrons. The Hall–Kier alpha value is -1.88. The van der Waals surface area contributed by atoms with Crippen LogP contribution >= 0.6 is 22.9 Å². The highest BCUT2D eigenvalue weighted by atomic mass is 35.5. The predicted molar refractivity (Wildman–Crippen MR) is 81.0 cm³/mol. The Kier molecular flexibility index (Phi) is 4.27. The van der Waals surface area contributed by atoms with Crippen LogP contribution in [0, 0.1) is 0 Å². The summed E-state index contributed by atoms with van der Waals surface area (Å²) in [7, 11) is 0. The van der Waals surface area contributed by atoms with Crippen LogP contribution in [0.1, 0.15) is 16.7 Å². The molecule has 0 aliphatic rings. The smallest absolute Gasteiger partial charge is 0.421 e. The molecule has 12 heteroatoms. The largest absolute Gasteiger partial charge is 0.507 e. The van der Waals surface area contributed by atoms with E-state index in [1.807, 2.05) is 0 Å². The van der Waals surface area contributed by atoms with Gasteiger partial charge in [0.25, 0.3) is 0 Å². The minimum atomic E-state index is -5.35. The average molecular weight is 439 g/mol. The topological polar surface area (TPSA) is 20.2 Å². The van der Waals surface area contributed by atoms with Gasteiger partial charge in [0.2, 0.25) is 0 Å². The number of aromatic hydroxyl groups is 1. The minimum absolute atomic E-state index is 0.0355. The molecule has 0 unspecified atom stereocenters. The normalized spacial score (nSPS) is 13.7. The fourth-order valence-electron chi connectivity index (χ4n) is 2.67. The van der Waals surface area contributed by atoms with E-state index in [2.05, 4.69) is 0 Å². The van der Waals surface area contributed by atoms with Gasteiger partial charge in [-0.2, -0.15) is 39.5 Å². The fraction of sp³-hybridized carbons (Fsp3) is 0.200. The second kappa shape index (κ2) is 5.81. The van der Waals surface area contributed by atoms with Gasteiger partial charge >= 0.3 is 18.5 Å². The molecule has 3 rings (SSSR count). The van der Waals surface area contributed by atoms with Crippen molar-refractivity contribution in [2.75, 3.05) is 0 Å². The zero-order valence-electron chi connectivity index (χ0n) is 12.4. The van der Waals surface area contributed by atoms with Crippen molar-refractivity contribution in [2.24, 2.45) is 0 Å². The SMILES string of the molecule is Oc1ccc2c(sc3c(C(F)(F)F)c(Cl)c(C(F)(F)F)cc32)c1C(F)(F)F. The molecule has 0 radical (unpaired) electrons. The van der Waals surface area contributed by atoms with Crippen molar-refractivity contribution < 1.29 is 44.6 Å². The molecule has 2 aromatic carbocycles. The molecule has 27 heavy (non-hydrogen) atoms. The third-order valence-electron chi connectivity index (χ3n) is 3.72. The van der Waals surface area contributed by atoms with Gasteiger partial charge in [0.05, 0.1) is 20.8 Å². The second-order valence-electron chi connectivity index (χ2n) is 5.42. The molecule has 1 aromatic heterocycles. The van der Waals surface area contributed by atoms with Gasteiger partial charge < -0.3 is 5.11 Å². The molecule has 0 bridgehead atoms. The van der Waals surface area contributed by atoms with Crippen molar-refractivity contribution in [1.82, 2.24) is 0 Å². The lowest BCUT2D eigenvalue weighted by Crippen LogP contribution is -2.12. The lowest BCUT2D eigenvalue weighted by molar-refractivity contribution is -0.142. The zero-order chi connectivity index (χ0) is 20.5. The van der Waals surface area contributed by atoms with Crippen LogP contribution in [0.3, 0.4) is 0 Å². The number of phenols is 1. The molecule has 0 aliphatic heterocycles. The molecule has 1 nitrogen and oxygen atoms in total. The Balaban J connectivity index is 2.61. The Bertz CT molecular complexity index is 1060. The summed E-state index contributed by atoms with van der Waals surface area (Å²) in [6.45, 7) is 0. The van der Waals surface area contributed by atoms with E-state index in [1.165, 1.54) is 0 Å². The number of fused-ring (bicyclic) bond motifs is 3. The van der Waals surface area contributed by atoms with Crippen LogP contribution in [0.5, 0.6) is 5.75 Å². The maximum Gasteiger partial charge on any atom is 0.421 e. The van der Waals surface area contributed by atoms with Gasteiger partial charge in [-0.25, -0.2) is 0 Å². The zero-order valence-corrected chi connectivity index (χ0v) is 13.9. The Labute approximate surface area is 152 Å². The maximum atomic E-state index is 13.4. The molecular weight excluding hydrogens is 435 g/mol. The van der Waals surface area contributed by atoms with Gasteiger partial charge in [0.1, 0.15) is 11.3 Å². The van der Waals surface area contributed by atoms with Gasteiger partial charge in [0.15, 0.2) is 0 Å². The average Bonchev–Trinajstić information content (AvgIpc) is 2.79. The van der Waals surface area contributed by atoms with Gasteiger partial charge in [-0.15, -0.1) is 11.3 Å². The Morgan fingerprint density at radius 2 is 1.26 bits per heavy atom. The fourth-order valence-corrected chi connectivity index (χ4v) is 4.51. The van der Waals surface area contributed by atoms with E-state index in [-0.39, 0.29) is 17.4 Å². The summed E-state index contributed by atoms with van der Waals surface area (Å²) in [6, 6.07) is 1.67. The van der Waals surface area contributed by atoms with Crippen molar-refractivity contribution in [3.05, 3.63) is 39.9 Å². The predicted octanol–water partition coefficient (Wildman–Crippen LogP) is 7.47. The van der Waals surface area contributed by atoms with E-state index in [4.69, 9.17) is 11.6 Å². The first-order chi connectivity index (χ1) is 12.1. The number of rotatable bonds is 0. The van der Waals surface area contributed by atoms with E-state index >= 15 is 0 Å². The number of hydrogen-bond acceptors (Lipinski definition) is 2. The number of benzene rings is 2.